The molecule has 0 spiro atoms. The fourth-order valence-electron chi connectivity index (χ4n) is 9.01. The average molecular weight is 902 g/mol. The summed E-state index contributed by atoms with van der Waals surface area (Å²) in [4.78, 5) is 69.1. The third-order valence-electron chi connectivity index (χ3n) is 13.4. The van der Waals surface area contributed by atoms with Gasteiger partial charge in [-0.3, -0.25) is 24.2 Å². The zero-order valence-corrected chi connectivity index (χ0v) is 41.3. The Kier molecular flexibility index (Phi) is 16.7. The number of benzene rings is 3. The number of anilines is 1. The highest BCUT2D eigenvalue weighted by atomic mass is 16.4. The monoisotopic (exact) mass is 902 g/mol. The van der Waals surface area contributed by atoms with Gasteiger partial charge in [-0.1, -0.05) is 71.9 Å². The van der Waals surface area contributed by atoms with E-state index in [-0.39, 0.29) is 17.7 Å². The van der Waals surface area contributed by atoms with Crippen LogP contribution in [-0.4, -0.2) is 130 Å². The molecule has 7 rings (SSSR count). The lowest BCUT2D eigenvalue weighted by Crippen LogP contribution is -2.49. The molecule has 3 amide bonds. The number of rotatable bonds is 12. The minimum absolute atomic E-state index is 0.00983. The number of aromatic nitrogens is 2. The lowest BCUT2D eigenvalue weighted by atomic mass is 9.92. The van der Waals surface area contributed by atoms with Gasteiger partial charge in [0.05, 0.1) is 16.9 Å². The molecule has 356 valence electrons. The first-order valence-electron chi connectivity index (χ1n) is 24.1. The molecule has 2 fully saturated rings. The number of nitrogens with zero attached hydrogens (tertiary/aromatic N) is 6. The summed E-state index contributed by atoms with van der Waals surface area (Å²) < 4.78 is 0. The predicted molar refractivity (Wildman–Crippen MR) is 264 cm³/mol. The molecule has 66 heavy (non-hydrogen) atoms. The lowest BCUT2D eigenvalue weighted by Gasteiger charge is -2.36. The number of carbonyl (C=O) groups is 4. The largest absolute Gasteiger partial charge is 0.478 e. The summed E-state index contributed by atoms with van der Waals surface area (Å²) in [6.45, 7) is 29.4. The summed E-state index contributed by atoms with van der Waals surface area (Å²) in [7, 11) is 0. The van der Waals surface area contributed by atoms with E-state index in [1.165, 1.54) is 12.8 Å². The summed E-state index contributed by atoms with van der Waals surface area (Å²) >= 11 is 0. The minimum atomic E-state index is -0.917. The molecule has 2 N–H and O–H groups in total. The van der Waals surface area contributed by atoms with Crippen LogP contribution >= 0.6 is 0 Å². The molecule has 0 atom stereocenters. The molecule has 3 aliphatic rings. The van der Waals surface area contributed by atoms with Crippen LogP contribution in [0.5, 0.6) is 0 Å². The van der Waals surface area contributed by atoms with Crippen molar-refractivity contribution in [2.45, 2.75) is 107 Å². The molecule has 0 saturated carbocycles. The second kappa shape index (κ2) is 22.0. The predicted octanol–water partition coefficient (Wildman–Crippen LogP) is 8.62. The topological polar surface area (TPSA) is 133 Å². The normalized spacial score (nSPS) is 15.9. The molecule has 1 aromatic heterocycles. The van der Waals surface area contributed by atoms with Crippen molar-refractivity contribution >= 4 is 29.4 Å². The third-order valence-corrected chi connectivity index (χ3v) is 13.4. The highest BCUT2D eigenvalue weighted by Gasteiger charge is 2.28. The number of carboxylic acid groups (broad SMARTS) is 1. The van der Waals surface area contributed by atoms with Crippen molar-refractivity contribution in [1.82, 2.24) is 29.6 Å². The number of nitrogens with one attached hydrogen (secondary N) is 1. The number of aryl methyl sites for hydroxylation is 5. The number of fused-ring (bicyclic) bond motifs is 3. The zero-order chi connectivity index (χ0) is 47.8. The van der Waals surface area contributed by atoms with E-state index in [1.54, 1.807) is 12.1 Å². The molecule has 4 heterocycles. The first-order valence-corrected chi connectivity index (χ1v) is 24.1. The maximum absolute atomic E-state index is 13.7. The number of aromatic carboxylic acids is 1. The number of hydrogen-bond acceptors (Lipinski definition) is 7. The molecular formula is C54H75N7O5. The number of para-hydroxylation sites is 1. The second-order valence-corrected chi connectivity index (χ2v) is 21.0. The van der Waals surface area contributed by atoms with Gasteiger partial charge in [-0.25, -0.2) is 9.78 Å². The molecule has 12 nitrogen and oxygen atoms in total. The highest BCUT2D eigenvalue weighted by Crippen LogP contribution is 2.36. The van der Waals surface area contributed by atoms with E-state index in [0.29, 0.717) is 54.2 Å². The van der Waals surface area contributed by atoms with Crippen molar-refractivity contribution in [3.63, 3.8) is 0 Å². The van der Waals surface area contributed by atoms with Gasteiger partial charge in [0.2, 0.25) is 11.8 Å². The summed E-state index contributed by atoms with van der Waals surface area (Å²) in [6.07, 6.45) is 5.40. The maximum Gasteiger partial charge on any atom is 0.335 e. The first kappa shape index (κ1) is 50.1. The zero-order valence-electron chi connectivity index (χ0n) is 41.3. The number of amides is 3. The van der Waals surface area contributed by atoms with Crippen molar-refractivity contribution in [3.8, 4) is 11.3 Å². The van der Waals surface area contributed by atoms with Crippen LogP contribution in [0.25, 0.3) is 11.3 Å². The van der Waals surface area contributed by atoms with Gasteiger partial charge >= 0.3 is 5.97 Å². The summed E-state index contributed by atoms with van der Waals surface area (Å²) in [5.74, 6) is 0.387. The Hall–Kier alpha value is -5.33. The quantitative estimate of drug-likeness (QED) is 0.145. The van der Waals surface area contributed by atoms with Crippen LogP contribution in [0.1, 0.15) is 122 Å². The number of piperazine rings is 2. The van der Waals surface area contributed by atoms with E-state index >= 15 is 0 Å². The van der Waals surface area contributed by atoms with E-state index in [4.69, 9.17) is 10.1 Å². The van der Waals surface area contributed by atoms with Crippen molar-refractivity contribution < 1.29 is 24.3 Å². The van der Waals surface area contributed by atoms with Crippen LogP contribution < -0.4 is 4.90 Å². The van der Waals surface area contributed by atoms with Gasteiger partial charge in [-0.05, 0) is 123 Å². The SMILES string of the molecule is Cc1cc(C(=O)O)ccc1CCC(=O)N1CCN(CCC(C)(C)C)CC1.Cc1nc2c([nH]1)CCN(C(=O)c1ccc(CCC(=O)N3CCN(CCC(C)(C)C)CC3)c(C)c1)c1ccccc1-2. The van der Waals surface area contributed by atoms with Gasteiger partial charge in [0.25, 0.3) is 5.91 Å². The Morgan fingerprint density at radius 1 is 0.636 bits per heavy atom. The minimum Gasteiger partial charge on any atom is -0.478 e. The number of carbonyl (C=O) groups excluding carboxylic acids is 3. The standard InChI is InChI=1S/C33H43N5O2.C21H32N2O3/c1-23-22-26(32(40)38-16-14-28-31(35-24(2)34-28)27-8-6-7-9-29(27)38)11-10-25(23)12-13-30(39)37-20-18-36(19-21-37)17-15-33(3,4)5;1-16-15-18(20(25)26)6-5-17(16)7-8-19(24)23-13-11-22(12-14-23)10-9-21(2,3)4/h6-11,22H,12-21H2,1-5H3,(H,34,35);5-6,15H,7-14H2,1-4H3,(H,25,26). The molecular weight excluding hydrogens is 827 g/mol. The molecule has 4 aromatic rings. The number of hydrogen-bond donors (Lipinski definition) is 2. The molecule has 0 aliphatic carbocycles. The smallest absolute Gasteiger partial charge is 0.335 e. The molecule has 0 unspecified atom stereocenters. The number of H-pyrrole nitrogens is 1. The van der Waals surface area contributed by atoms with E-state index in [1.807, 2.05) is 84.0 Å². The highest BCUT2D eigenvalue weighted by molar-refractivity contribution is 6.08. The Morgan fingerprint density at radius 3 is 1.61 bits per heavy atom. The van der Waals surface area contributed by atoms with Crippen molar-refractivity contribution in [2.75, 3.05) is 76.9 Å². The summed E-state index contributed by atoms with van der Waals surface area (Å²) in [6, 6.07) is 19.0. The molecule has 3 aliphatic heterocycles. The summed E-state index contributed by atoms with van der Waals surface area (Å²) in [5, 5.41) is 9.03. The number of aromatic amines is 1. The molecule has 0 radical (unpaired) electrons. The fourth-order valence-corrected chi connectivity index (χ4v) is 9.01. The van der Waals surface area contributed by atoms with Crippen molar-refractivity contribution in [3.05, 3.63) is 106 Å². The lowest BCUT2D eigenvalue weighted by molar-refractivity contribution is -0.133. The second-order valence-electron chi connectivity index (χ2n) is 21.0. The Labute approximate surface area is 393 Å². The first-order chi connectivity index (χ1) is 31.2. The Morgan fingerprint density at radius 2 is 1.12 bits per heavy atom. The molecule has 0 bridgehead atoms. The summed E-state index contributed by atoms with van der Waals surface area (Å²) in [5.41, 5.74) is 9.69. The number of imidazole rings is 1. The molecule has 12 heteroatoms. The van der Waals surface area contributed by atoms with Crippen molar-refractivity contribution in [2.24, 2.45) is 10.8 Å². The Balaban J connectivity index is 0.000000240. The van der Waals surface area contributed by atoms with Crippen molar-refractivity contribution in [1.29, 1.82) is 0 Å². The van der Waals surface area contributed by atoms with Crippen LogP contribution in [0.3, 0.4) is 0 Å². The molecule has 2 saturated heterocycles. The van der Waals surface area contributed by atoms with Crippen LogP contribution in [0.4, 0.5) is 5.69 Å². The van der Waals surface area contributed by atoms with Crippen LogP contribution in [0.2, 0.25) is 0 Å². The van der Waals surface area contributed by atoms with E-state index in [2.05, 4.69) is 56.3 Å². The van der Waals surface area contributed by atoms with Gasteiger partial charge in [0, 0.05) is 95.0 Å². The van der Waals surface area contributed by atoms with E-state index < -0.39 is 5.97 Å². The number of carboxylic acids is 1. The van der Waals surface area contributed by atoms with Crippen LogP contribution in [-0.2, 0) is 28.9 Å². The molecule has 3 aromatic carbocycles. The van der Waals surface area contributed by atoms with Gasteiger partial charge < -0.3 is 24.8 Å². The van der Waals surface area contributed by atoms with Gasteiger partial charge in [-0.15, -0.1) is 0 Å². The van der Waals surface area contributed by atoms with E-state index in [9.17, 15) is 19.2 Å². The van der Waals surface area contributed by atoms with Gasteiger partial charge in [0.15, 0.2) is 0 Å². The maximum atomic E-state index is 13.7. The third kappa shape index (κ3) is 13.9. The van der Waals surface area contributed by atoms with Gasteiger partial charge in [-0.2, -0.15) is 0 Å². The van der Waals surface area contributed by atoms with Crippen LogP contribution in [0.15, 0.2) is 60.7 Å². The van der Waals surface area contributed by atoms with Gasteiger partial charge in [0.1, 0.15) is 5.82 Å². The Bertz CT molecular complexity index is 2320. The van der Waals surface area contributed by atoms with E-state index in [0.717, 1.165) is 123 Å². The fraction of sp³-hybridized carbons (Fsp3) is 0.537. The van der Waals surface area contributed by atoms with Crippen LogP contribution in [0, 0.1) is 31.6 Å². The average Bonchev–Trinajstić information content (AvgIpc) is 3.59.